The highest BCUT2D eigenvalue weighted by Gasteiger charge is 2.18. The molecular formula is C15H21N3O2S. The lowest BCUT2D eigenvalue weighted by Crippen LogP contribution is -2.38. The van der Waals surface area contributed by atoms with Gasteiger partial charge in [-0.05, 0) is 30.8 Å². The number of hydrogen-bond donors (Lipinski definition) is 1. The van der Waals surface area contributed by atoms with Gasteiger partial charge in [0.05, 0.1) is 12.0 Å². The summed E-state index contributed by atoms with van der Waals surface area (Å²) in [6.45, 7) is 3.61. The van der Waals surface area contributed by atoms with E-state index in [4.69, 9.17) is 4.74 Å². The van der Waals surface area contributed by atoms with Gasteiger partial charge in [-0.15, -0.1) is 11.3 Å². The standard InChI is InChI=1S/C15H21N3O2S/c1-3-7-16-12(15(19)20-2)6-9-18-10-8-17-14(18)13-5-4-11-21-13/h4-5,8,10-12,16H,3,6-7,9H2,1-2H3. The zero-order valence-corrected chi connectivity index (χ0v) is 13.2. The lowest BCUT2D eigenvalue weighted by Gasteiger charge is -2.16. The molecule has 2 heterocycles. The summed E-state index contributed by atoms with van der Waals surface area (Å²) < 4.78 is 6.94. The van der Waals surface area contributed by atoms with Crippen molar-refractivity contribution in [3.05, 3.63) is 29.9 Å². The van der Waals surface area contributed by atoms with E-state index in [-0.39, 0.29) is 12.0 Å². The van der Waals surface area contributed by atoms with Crippen molar-refractivity contribution in [2.45, 2.75) is 32.4 Å². The van der Waals surface area contributed by atoms with Gasteiger partial charge in [0, 0.05) is 18.9 Å². The van der Waals surface area contributed by atoms with Crippen LogP contribution >= 0.6 is 11.3 Å². The Kier molecular flexibility index (Phi) is 5.95. The van der Waals surface area contributed by atoms with E-state index in [9.17, 15) is 4.79 Å². The molecule has 1 unspecified atom stereocenters. The molecule has 2 aromatic heterocycles. The van der Waals surface area contributed by atoms with Crippen molar-refractivity contribution < 1.29 is 9.53 Å². The molecule has 0 amide bonds. The van der Waals surface area contributed by atoms with Crippen LogP contribution < -0.4 is 5.32 Å². The molecule has 21 heavy (non-hydrogen) atoms. The highest BCUT2D eigenvalue weighted by molar-refractivity contribution is 7.13. The molecule has 0 aliphatic rings. The van der Waals surface area contributed by atoms with Gasteiger partial charge in [0.15, 0.2) is 0 Å². The molecule has 0 radical (unpaired) electrons. The first-order valence-electron chi connectivity index (χ1n) is 7.12. The molecule has 1 N–H and O–H groups in total. The number of esters is 1. The van der Waals surface area contributed by atoms with Gasteiger partial charge in [-0.1, -0.05) is 13.0 Å². The number of hydrogen-bond acceptors (Lipinski definition) is 5. The molecule has 114 valence electrons. The molecule has 0 aliphatic heterocycles. The van der Waals surface area contributed by atoms with Crippen LogP contribution in [0.2, 0.25) is 0 Å². The van der Waals surface area contributed by atoms with Crippen molar-refractivity contribution in [3.63, 3.8) is 0 Å². The Morgan fingerprint density at radius 2 is 2.43 bits per heavy atom. The van der Waals surface area contributed by atoms with Crippen LogP contribution in [0.5, 0.6) is 0 Å². The third kappa shape index (κ3) is 4.15. The van der Waals surface area contributed by atoms with Gasteiger partial charge in [0.2, 0.25) is 0 Å². The number of aromatic nitrogens is 2. The second kappa shape index (κ2) is 7.95. The summed E-state index contributed by atoms with van der Waals surface area (Å²) in [4.78, 5) is 17.3. The fourth-order valence-corrected chi connectivity index (χ4v) is 2.89. The van der Waals surface area contributed by atoms with Crippen LogP contribution in [-0.4, -0.2) is 35.2 Å². The van der Waals surface area contributed by atoms with Gasteiger partial charge in [-0.2, -0.15) is 0 Å². The number of carbonyl (C=O) groups excluding carboxylic acids is 1. The summed E-state index contributed by atoms with van der Waals surface area (Å²) in [5, 5.41) is 5.27. The molecule has 0 bridgehead atoms. The van der Waals surface area contributed by atoms with E-state index < -0.39 is 0 Å². The number of thiophene rings is 1. The van der Waals surface area contributed by atoms with E-state index in [0.717, 1.165) is 30.2 Å². The Hall–Kier alpha value is -1.66. The van der Waals surface area contributed by atoms with Crippen LogP contribution in [0.3, 0.4) is 0 Å². The van der Waals surface area contributed by atoms with Crippen molar-refractivity contribution in [1.29, 1.82) is 0 Å². The van der Waals surface area contributed by atoms with E-state index >= 15 is 0 Å². The molecule has 1 atom stereocenters. The first-order chi connectivity index (χ1) is 10.3. The molecule has 0 fully saturated rings. The van der Waals surface area contributed by atoms with Crippen molar-refractivity contribution in [2.24, 2.45) is 0 Å². The van der Waals surface area contributed by atoms with Gasteiger partial charge in [0.1, 0.15) is 11.9 Å². The number of aryl methyl sites for hydroxylation is 1. The van der Waals surface area contributed by atoms with Crippen molar-refractivity contribution in [1.82, 2.24) is 14.9 Å². The maximum atomic E-state index is 11.8. The van der Waals surface area contributed by atoms with Gasteiger partial charge in [-0.25, -0.2) is 4.98 Å². The minimum absolute atomic E-state index is 0.207. The monoisotopic (exact) mass is 307 g/mol. The van der Waals surface area contributed by atoms with Crippen molar-refractivity contribution >= 4 is 17.3 Å². The lowest BCUT2D eigenvalue weighted by atomic mass is 10.2. The second-order valence-corrected chi connectivity index (χ2v) is 5.69. The summed E-state index contributed by atoms with van der Waals surface area (Å²) in [7, 11) is 1.43. The van der Waals surface area contributed by atoms with Gasteiger partial charge >= 0.3 is 5.97 Å². The van der Waals surface area contributed by atoms with Crippen molar-refractivity contribution in [3.8, 4) is 10.7 Å². The number of methoxy groups -OCH3 is 1. The summed E-state index contributed by atoms with van der Waals surface area (Å²) in [5.41, 5.74) is 0. The first-order valence-corrected chi connectivity index (χ1v) is 8.00. The second-order valence-electron chi connectivity index (χ2n) is 4.74. The van der Waals surface area contributed by atoms with E-state index in [0.29, 0.717) is 6.42 Å². The zero-order valence-electron chi connectivity index (χ0n) is 12.4. The highest BCUT2D eigenvalue weighted by Crippen LogP contribution is 2.23. The average molecular weight is 307 g/mol. The quantitative estimate of drug-likeness (QED) is 0.762. The van der Waals surface area contributed by atoms with Crippen molar-refractivity contribution in [2.75, 3.05) is 13.7 Å². The van der Waals surface area contributed by atoms with Gasteiger partial charge in [-0.3, -0.25) is 4.79 Å². The number of imidazole rings is 1. The fourth-order valence-electron chi connectivity index (χ4n) is 2.15. The van der Waals surface area contributed by atoms with Crippen LogP contribution in [0, 0.1) is 0 Å². The summed E-state index contributed by atoms with van der Waals surface area (Å²) in [6.07, 6.45) is 5.41. The van der Waals surface area contributed by atoms with Crippen LogP contribution in [0.4, 0.5) is 0 Å². The molecule has 0 aliphatic carbocycles. The predicted octanol–water partition coefficient (Wildman–Crippen LogP) is 2.54. The van der Waals surface area contributed by atoms with E-state index in [2.05, 4.69) is 27.9 Å². The Labute approximate surface area is 129 Å². The fraction of sp³-hybridized carbons (Fsp3) is 0.467. The summed E-state index contributed by atoms with van der Waals surface area (Å²) in [5.74, 6) is 0.741. The molecular weight excluding hydrogens is 286 g/mol. The number of nitrogens with zero attached hydrogens (tertiary/aromatic N) is 2. The Morgan fingerprint density at radius 1 is 1.57 bits per heavy atom. The summed E-state index contributed by atoms with van der Waals surface area (Å²) in [6, 6.07) is 3.80. The Balaban J connectivity index is 2.01. The molecule has 2 rings (SSSR count). The molecule has 0 spiro atoms. The predicted molar refractivity (Wildman–Crippen MR) is 84.3 cm³/mol. The Bertz CT molecular complexity index is 551. The minimum atomic E-state index is -0.270. The smallest absolute Gasteiger partial charge is 0.322 e. The normalized spacial score (nSPS) is 12.3. The van der Waals surface area contributed by atoms with Crippen LogP contribution in [0.15, 0.2) is 29.9 Å². The van der Waals surface area contributed by atoms with Crippen LogP contribution in [0.1, 0.15) is 19.8 Å². The number of nitrogens with one attached hydrogen (secondary N) is 1. The number of rotatable bonds is 8. The molecule has 0 saturated carbocycles. The first kappa shape index (κ1) is 15.7. The average Bonchev–Trinajstić information content (AvgIpc) is 3.17. The molecule has 5 nitrogen and oxygen atoms in total. The third-order valence-electron chi connectivity index (χ3n) is 3.24. The minimum Gasteiger partial charge on any atom is -0.468 e. The molecule has 2 aromatic rings. The molecule has 0 saturated heterocycles. The number of ether oxygens (including phenoxy) is 1. The maximum absolute atomic E-state index is 11.8. The maximum Gasteiger partial charge on any atom is 0.322 e. The molecule has 6 heteroatoms. The third-order valence-corrected chi connectivity index (χ3v) is 4.11. The van der Waals surface area contributed by atoms with E-state index in [1.165, 1.54) is 7.11 Å². The largest absolute Gasteiger partial charge is 0.468 e. The summed E-state index contributed by atoms with van der Waals surface area (Å²) >= 11 is 1.66. The lowest BCUT2D eigenvalue weighted by molar-refractivity contribution is -0.143. The Morgan fingerprint density at radius 3 is 3.10 bits per heavy atom. The van der Waals surface area contributed by atoms with E-state index in [1.54, 1.807) is 17.5 Å². The molecule has 0 aromatic carbocycles. The highest BCUT2D eigenvalue weighted by atomic mass is 32.1. The van der Waals surface area contributed by atoms with E-state index in [1.807, 2.05) is 17.6 Å². The van der Waals surface area contributed by atoms with Crippen LogP contribution in [-0.2, 0) is 16.1 Å². The zero-order chi connectivity index (χ0) is 15.1. The number of carbonyl (C=O) groups is 1. The van der Waals surface area contributed by atoms with Crippen LogP contribution in [0.25, 0.3) is 10.7 Å². The van der Waals surface area contributed by atoms with Gasteiger partial charge < -0.3 is 14.6 Å². The van der Waals surface area contributed by atoms with Gasteiger partial charge in [0.25, 0.3) is 0 Å². The topological polar surface area (TPSA) is 56.2 Å². The SMILES string of the molecule is CCCNC(CCn1ccnc1-c1cccs1)C(=O)OC.